The summed E-state index contributed by atoms with van der Waals surface area (Å²) < 4.78 is 17.6. The number of aliphatic hydroxyl groups excluding tert-OH is 1. The third-order valence-corrected chi connectivity index (χ3v) is 6.04. The van der Waals surface area contributed by atoms with Gasteiger partial charge in [-0.15, -0.1) is 0 Å². The van der Waals surface area contributed by atoms with Crippen LogP contribution >= 0.6 is 0 Å². The highest BCUT2D eigenvalue weighted by molar-refractivity contribution is 5.47. The molecule has 0 amide bonds. The number of hydrogen-bond acceptors (Lipinski definition) is 4. The second kappa shape index (κ2) is 7.41. The molecule has 2 heterocycles. The standard InChI is InChI=1S/C24H28O4/c1-15-10-20(25)14-23(28-15)18-5-6-21(17-3-4-17)19(13-18)11-16-2-7-22-24(12-16)27-9-8-26-22/h2,5-7,12-13,15,17,20,23,25H,3-4,8-11,14H2,1H3/t15-,20+,23-/m1/s1. The van der Waals surface area contributed by atoms with E-state index in [2.05, 4.69) is 30.3 Å². The van der Waals surface area contributed by atoms with Crippen molar-refractivity contribution in [2.75, 3.05) is 13.2 Å². The highest BCUT2D eigenvalue weighted by atomic mass is 16.6. The summed E-state index contributed by atoms with van der Waals surface area (Å²) in [6.45, 7) is 3.27. The molecule has 0 radical (unpaired) electrons. The van der Waals surface area contributed by atoms with Crippen LogP contribution in [0.4, 0.5) is 0 Å². The van der Waals surface area contributed by atoms with E-state index in [1.807, 2.05) is 13.0 Å². The minimum Gasteiger partial charge on any atom is -0.486 e. The largest absolute Gasteiger partial charge is 0.486 e. The van der Waals surface area contributed by atoms with Crippen molar-refractivity contribution in [3.8, 4) is 11.5 Å². The van der Waals surface area contributed by atoms with E-state index in [-0.39, 0.29) is 18.3 Å². The Morgan fingerprint density at radius 3 is 2.57 bits per heavy atom. The van der Waals surface area contributed by atoms with Gasteiger partial charge in [-0.3, -0.25) is 0 Å². The lowest BCUT2D eigenvalue weighted by atomic mass is 9.90. The molecule has 28 heavy (non-hydrogen) atoms. The zero-order valence-corrected chi connectivity index (χ0v) is 16.4. The van der Waals surface area contributed by atoms with E-state index < -0.39 is 0 Å². The Bertz CT molecular complexity index is 848. The quantitative estimate of drug-likeness (QED) is 0.847. The Morgan fingerprint density at radius 2 is 1.79 bits per heavy atom. The van der Waals surface area contributed by atoms with Gasteiger partial charge in [-0.1, -0.05) is 24.3 Å². The number of hydrogen-bond donors (Lipinski definition) is 1. The summed E-state index contributed by atoms with van der Waals surface area (Å²) in [5, 5.41) is 10.2. The molecule has 1 saturated heterocycles. The number of fused-ring (bicyclic) bond motifs is 1. The fourth-order valence-electron chi connectivity index (χ4n) is 4.52. The molecule has 0 bridgehead atoms. The Kier molecular flexibility index (Phi) is 4.77. The number of benzene rings is 2. The van der Waals surface area contributed by atoms with Gasteiger partial charge >= 0.3 is 0 Å². The third-order valence-electron chi connectivity index (χ3n) is 6.04. The Labute approximate surface area is 166 Å². The van der Waals surface area contributed by atoms with Crippen molar-refractivity contribution >= 4 is 0 Å². The van der Waals surface area contributed by atoms with Gasteiger partial charge < -0.3 is 19.3 Å². The van der Waals surface area contributed by atoms with Crippen LogP contribution in [0.2, 0.25) is 0 Å². The molecule has 2 aliphatic heterocycles. The predicted molar refractivity (Wildman–Crippen MR) is 107 cm³/mol. The van der Waals surface area contributed by atoms with Crippen LogP contribution < -0.4 is 9.47 Å². The molecule has 0 spiro atoms. The summed E-state index contributed by atoms with van der Waals surface area (Å²) in [7, 11) is 0. The third kappa shape index (κ3) is 3.76. The molecule has 1 N–H and O–H groups in total. The highest BCUT2D eigenvalue weighted by Gasteiger charge is 2.30. The fourth-order valence-corrected chi connectivity index (χ4v) is 4.52. The summed E-state index contributed by atoms with van der Waals surface area (Å²) in [5.74, 6) is 2.38. The van der Waals surface area contributed by atoms with Gasteiger partial charge in [-0.2, -0.15) is 0 Å². The molecule has 4 nitrogen and oxygen atoms in total. The van der Waals surface area contributed by atoms with E-state index in [1.165, 1.54) is 35.1 Å². The minimum absolute atomic E-state index is 0.0222. The van der Waals surface area contributed by atoms with Gasteiger partial charge in [0.15, 0.2) is 11.5 Å². The SMILES string of the molecule is C[C@@H]1C[C@H](O)C[C@H](c2ccc(C3CC3)c(Cc3ccc4c(c3)OCCO4)c2)O1. The predicted octanol–water partition coefficient (Wildman–Crippen LogP) is 4.53. The van der Waals surface area contributed by atoms with E-state index in [0.29, 0.717) is 25.6 Å². The molecule has 3 aliphatic rings. The Hall–Kier alpha value is -2.04. The van der Waals surface area contributed by atoms with E-state index in [9.17, 15) is 5.11 Å². The van der Waals surface area contributed by atoms with Gasteiger partial charge in [-0.05, 0) is 72.9 Å². The number of rotatable bonds is 4. The Balaban J connectivity index is 1.44. The second-order valence-electron chi connectivity index (χ2n) is 8.45. The summed E-state index contributed by atoms with van der Waals surface area (Å²) in [5.41, 5.74) is 5.25. The lowest BCUT2D eigenvalue weighted by Gasteiger charge is -2.32. The zero-order chi connectivity index (χ0) is 19.1. The first-order chi connectivity index (χ1) is 13.7. The van der Waals surface area contributed by atoms with Crippen LogP contribution in [0.5, 0.6) is 11.5 Å². The van der Waals surface area contributed by atoms with Crippen molar-refractivity contribution in [1.29, 1.82) is 0 Å². The molecule has 2 fully saturated rings. The van der Waals surface area contributed by atoms with Crippen molar-refractivity contribution in [1.82, 2.24) is 0 Å². The lowest BCUT2D eigenvalue weighted by molar-refractivity contribution is -0.0895. The molecule has 2 aromatic rings. The van der Waals surface area contributed by atoms with Gasteiger partial charge in [0.2, 0.25) is 0 Å². The molecule has 148 valence electrons. The average molecular weight is 380 g/mol. The first-order valence-corrected chi connectivity index (χ1v) is 10.5. The van der Waals surface area contributed by atoms with E-state index in [1.54, 1.807) is 0 Å². The summed E-state index contributed by atoms with van der Waals surface area (Å²) >= 11 is 0. The Morgan fingerprint density at radius 1 is 0.964 bits per heavy atom. The zero-order valence-electron chi connectivity index (χ0n) is 16.4. The van der Waals surface area contributed by atoms with Crippen molar-refractivity contribution in [3.05, 3.63) is 58.7 Å². The summed E-state index contributed by atoms with van der Waals surface area (Å²) in [6, 6.07) is 13.1. The van der Waals surface area contributed by atoms with Gasteiger partial charge in [0, 0.05) is 6.42 Å². The average Bonchev–Trinajstić information content (AvgIpc) is 3.52. The molecular formula is C24H28O4. The minimum atomic E-state index is -0.280. The van der Waals surface area contributed by atoms with Crippen molar-refractivity contribution in [3.63, 3.8) is 0 Å². The lowest BCUT2D eigenvalue weighted by Crippen LogP contribution is -2.29. The number of ether oxygens (including phenoxy) is 3. The van der Waals surface area contributed by atoms with Crippen LogP contribution in [0.25, 0.3) is 0 Å². The molecular weight excluding hydrogens is 352 g/mol. The molecule has 1 aliphatic carbocycles. The van der Waals surface area contributed by atoms with Gasteiger partial charge in [0.05, 0.1) is 18.3 Å². The van der Waals surface area contributed by atoms with E-state index in [0.717, 1.165) is 24.3 Å². The van der Waals surface area contributed by atoms with Crippen LogP contribution in [-0.4, -0.2) is 30.5 Å². The molecule has 2 aromatic carbocycles. The van der Waals surface area contributed by atoms with Crippen LogP contribution in [0.3, 0.4) is 0 Å². The van der Waals surface area contributed by atoms with E-state index >= 15 is 0 Å². The van der Waals surface area contributed by atoms with Gasteiger partial charge in [-0.25, -0.2) is 0 Å². The summed E-state index contributed by atoms with van der Waals surface area (Å²) in [4.78, 5) is 0. The van der Waals surface area contributed by atoms with Crippen LogP contribution in [-0.2, 0) is 11.2 Å². The topological polar surface area (TPSA) is 47.9 Å². The number of aliphatic hydroxyl groups is 1. The van der Waals surface area contributed by atoms with Crippen molar-refractivity contribution < 1.29 is 19.3 Å². The molecule has 0 aromatic heterocycles. The molecule has 5 rings (SSSR count). The highest BCUT2D eigenvalue weighted by Crippen LogP contribution is 2.44. The van der Waals surface area contributed by atoms with Gasteiger partial charge in [0.1, 0.15) is 13.2 Å². The summed E-state index contributed by atoms with van der Waals surface area (Å²) in [6.07, 6.45) is 4.63. The maximum atomic E-state index is 10.2. The molecule has 4 heteroatoms. The van der Waals surface area contributed by atoms with Crippen LogP contribution in [0.15, 0.2) is 36.4 Å². The van der Waals surface area contributed by atoms with Gasteiger partial charge in [0.25, 0.3) is 0 Å². The second-order valence-corrected chi connectivity index (χ2v) is 8.45. The molecule has 1 saturated carbocycles. The first kappa shape index (κ1) is 18.0. The van der Waals surface area contributed by atoms with Crippen molar-refractivity contribution in [2.45, 2.75) is 63.3 Å². The van der Waals surface area contributed by atoms with E-state index in [4.69, 9.17) is 14.2 Å². The normalized spacial score (nSPS) is 26.9. The monoisotopic (exact) mass is 380 g/mol. The maximum Gasteiger partial charge on any atom is 0.161 e. The fraction of sp³-hybridized carbons (Fsp3) is 0.500. The maximum absolute atomic E-state index is 10.2. The van der Waals surface area contributed by atoms with Crippen LogP contribution in [0, 0.1) is 0 Å². The molecule has 0 unspecified atom stereocenters. The first-order valence-electron chi connectivity index (χ1n) is 10.5. The molecule has 3 atom stereocenters. The van der Waals surface area contributed by atoms with Crippen LogP contribution in [0.1, 0.15) is 66.9 Å². The van der Waals surface area contributed by atoms with Crippen molar-refractivity contribution in [2.24, 2.45) is 0 Å². The smallest absolute Gasteiger partial charge is 0.161 e.